The summed E-state index contributed by atoms with van der Waals surface area (Å²) in [5.74, 6) is -0.0990. The smallest absolute Gasteiger partial charge is 0.151 e. The Morgan fingerprint density at radius 3 is 3.00 bits per heavy atom. The summed E-state index contributed by atoms with van der Waals surface area (Å²) in [7, 11) is 0. The molecule has 15 heavy (non-hydrogen) atoms. The Labute approximate surface area is 92.3 Å². The van der Waals surface area contributed by atoms with Crippen LogP contribution in [-0.2, 0) is 0 Å². The minimum Gasteiger partial charge on any atom is -0.325 e. The van der Waals surface area contributed by atoms with Crippen molar-refractivity contribution in [2.75, 3.05) is 4.90 Å². The van der Waals surface area contributed by atoms with Gasteiger partial charge in [-0.05, 0) is 31.4 Å². The van der Waals surface area contributed by atoms with Gasteiger partial charge in [-0.25, -0.2) is 8.79 Å². The fourth-order valence-corrected chi connectivity index (χ4v) is 2.45. The van der Waals surface area contributed by atoms with Gasteiger partial charge < -0.3 is 4.90 Å². The zero-order valence-electron chi connectivity index (χ0n) is 8.40. The summed E-state index contributed by atoms with van der Waals surface area (Å²) in [6.07, 6.45) is 4.04. The molecule has 0 spiro atoms. The summed E-state index contributed by atoms with van der Waals surface area (Å²) in [4.78, 5) is 2.90. The molecule has 0 unspecified atom stereocenters. The molecule has 2 aliphatic rings. The van der Waals surface area contributed by atoms with Crippen molar-refractivity contribution >= 4 is 24.0 Å². The first-order valence-electron chi connectivity index (χ1n) is 5.05. The number of rotatable bonds is 1. The number of hydrogen-bond acceptors (Lipinski definition) is 3. The van der Waals surface area contributed by atoms with E-state index in [4.69, 9.17) is 0 Å². The average Bonchev–Trinajstić information content (AvgIpc) is 3.06. The van der Waals surface area contributed by atoms with Gasteiger partial charge in [0.05, 0.1) is 10.6 Å². The van der Waals surface area contributed by atoms with Gasteiger partial charge in [-0.3, -0.25) is 0 Å². The van der Waals surface area contributed by atoms with E-state index in [1.54, 1.807) is 13.3 Å². The molecule has 0 bridgehead atoms. The van der Waals surface area contributed by atoms with E-state index in [0.29, 0.717) is 11.6 Å². The quantitative estimate of drug-likeness (QED) is 0.678. The van der Waals surface area contributed by atoms with Gasteiger partial charge in [0.1, 0.15) is 6.34 Å². The van der Waals surface area contributed by atoms with Crippen molar-refractivity contribution in [3.63, 3.8) is 0 Å². The minimum atomic E-state index is -0.0990. The van der Waals surface area contributed by atoms with Crippen LogP contribution in [0.3, 0.4) is 0 Å². The van der Waals surface area contributed by atoms with Crippen LogP contribution < -0.4 is 4.90 Å². The molecule has 4 heteroatoms. The molecule has 0 amide bonds. The molecule has 3 rings (SSSR count). The van der Waals surface area contributed by atoms with Crippen LogP contribution in [0.5, 0.6) is 0 Å². The maximum absolute atomic E-state index is 14.0. The molecule has 1 aliphatic heterocycles. The Bertz CT molecular complexity index is 440. The second-order valence-electron chi connectivity index (χ2n) is 3.99. The molecule has 2 nitrogen and oxygen atoms in total. The van der Waals surface area contributed by atoms with Crippen molar-refractivity contribution in [2.45, 2.75) is 30.7 Å². The summed E-state index contributed by atoms with van der Waals surface area (Å²) < 4.78 is 18.2. The van der Waals surface area contributed by atoms with Gasteiger partial charge in [0.25, 0.3) is 0 Å². The standard InChI is InChI=1S/C11H11FN2S/c1-7-2-5-9-11(10(7)12)14(6-13-15-9)8-3-4-8/h2,5-6,8H,3-4H2,1H3. The zero-order valence-corrected chi connectivity index (χ0v) is 9.22. The molecule has 1 aliphatic carbocycles. The van der Waals surface area contributed by atoms with Crippen LogP contribution in [0.4, 0.5) is 10.1 Å². The predicted octanol–water partition coefficient (Wildman–Crippen LogP) is 3.15. The lowest BCUT2D eigenvalue weighted by molar-refractivity contribution is 0.612. The van der Waals surface area contributed by atoms with Crippen molar-refractivity contribution in [3.05, 3.63) is 23.5 Å². The van der Waals surface area contributed by atoms with Gasteiger partial charge >= 0.3 is 0 Å². The van der Waals surface area contributed by atoms with E-state index in [0.717, 1.165) is 23.4 Å². The van der Waals surface area contributed by atoms with E-state index in [2.05, 4.69) is 4.40 Å². The SMILES string of the molecule is Cc1ccc2c(c1F)N(C1CC1)C=NS2. The number of benzene rings is 1. The molecule has 0 saturated heterocycles. The van der Waals surface area contributed by atoms with Gasteiger partial charge in [0.15, 0.2) is 5.82 Å². The molecule has 0 radical (unpaired) electrons. The Hall–Kier alpha value is -1.03. The van der Waals surface area contributed by atoms with Crippen LogP contribution in [0, 0.1) is 12.7 Å². The van der Waals surface area contributed by atoms with Crippen molar-refractivity contribution in [2.24, 2.45) is 4.40 Å². The normalized spacial score (nSPS) is 19.2. The lowest BCUT2D eigenvalue weighted by atomic mass is 10.2. The molecule has 1 fully saturated rings. The average molecular weight is 222 g/mol. The summed E-state index contributed by atoms with van der Waals surface area (Å²) in [5, 5.41) is 0. The summed E-state index contributed by atoms with van der Waals surface area (Å²) in [6, 6.07) is 4.22. The highest BCUT2D eigenvalue weighted by atomic mass is 32.2. The maximum Gasteiger partial charge on any atom is 0.151 e. The molecule has 0 N–H and O–H groups in total. The Kier molecular flexibility index (Phi) is 1.99. The van der Waals surface area contributed by atoms with Crippen LogP contribution in [0.1, 0.15) is 18.4 Å². The topological polar surface area (TPSA) is 15.6 Å². The first kappa shape index (κ1) is 9.21. The van der Waals surface area contributed by atoms with E-state index in [9.17, 15) is 4.39 Å². The Morgan fingerprint density at radius 1 is 1.47 bits per heavy atom. The molecule has 1 aromatic carbocycles. The zero-order chi connectivity index (χ0) is 10.4. The minimum absolute atomic E-state index is 0.0990. The molecular weight excluding hydrogens is 211 g/mol. The second-order valence-corrected chi connectivity index (χ2v) is 4.83. The van der Waals surface area contributed by atoms with Crippen molar-refractivity contribution in [3.8, 4) is 0 Å². The van der Waals surface area contributed by atoms with Crippen LogP contribution >= 0.6 is 11.9 Å². The van der Waals surface area contributed by atoms with Crippen LogP contribution in [-0.4, -0.2) is 12.4 Å². The largest absolute Gasteiger partial charge is 0.325 e. The van der Waals surface area contributed by atoms with Crippen LogP contribution in [0.2, 0.25) is 0 Å². The highest BCUT2D eigenvalue weighted by Gasteiger charge is 2.33. The number of hydrogen-bond donors (Lipinski definition) is 0. The van der Waals surface area contributed by atoms with E-state index in [1.165, 1.54) is 11.9 Å². The fraction of sp³-hybridized carbons (Fsp3) is 0.364. The fourth-order valence-electron chi connectivity index (χ4n) is 1.78. The third kappa shape index (κ3) is 1.44. The van der Waals surface area contributed by atoms with Crippen LogP contribution in [0.15, 0.2) is 21.4 Å². The van der Waals surface area contributed by atoms with Gasteiger partial charge in [0, 0.05) is 18.0 Å². The summed E-state index contributed by atoms with van der Waals surface area (Å²) in [5.41, 5.74) is 1.42. The second kappa shape index (κ2) is 3.23. The molecule has 78 valence electrons. The molecule has 0 aromatic heterocycles. The van der Waals surface area contributed by atoms with E-state index >= 15 is 0 Å². The van der Waals surface area contributed by atoms with Gasteiger partial charge in [-0.15, -0.1) is 0 Å². The molecule has 1 saturated carbocycles. The lowest BCUT2D eigenvalue weighted by Crippen LogP contribution is -2.27. The number of halogens is 1. The number of fused-ring (bicyclic) bond motifs is 1. The molecule has 1 aromatic rings. The third-order valence-electron chi connectivity index (χ3n) is 2.79. The van der Waals surface area contributed by atoms with E-state index < -0.39 is 0 Å². The van der Waals surface area contributed by atoms with Crippen molar-refractivity contribution in [1.29, 1.82) is 0 Å². The molecule has 0 atom stereocenters. The number of nitrogens with zero attached hydrogens (tertiary/aromatic N) is 2. The van der Waals surface area contributed by atoms with E-state index in [1.807, 2.05) is 17.0 Å². The van der Waals surface area contributed by atoms with Gasteiger partial charge in [-0.1, -0.05) is 6.07 Å². The molecule has 1 heterocycles. The van der Waals surface area contributed by atoms with Crippen LogP contribution in [0.25, 0.3) is 0 Å². The predicted molar refractivity (Wildman–Crippen MR) is 61.0 cm³/mol. The Morgan fingerprint density at radius 2 is 2.27 bits per heavy atom. The van der Waals surface area contributed by atoms with Crippen molar-refractivity contribution < 1.29 is 4.39 Å². The maximum atomic E-state index is 14.0. The van der Waals surface area contributed by atoms with Crippen molar-refractivity contribution in [1.82, 2.24) is 0 Å². The third-order valence-corrected chi connectivity index (χ3v) is 3.52. The first-order valence-corrected chi connectivity index (χ1v) is 5.82. The lowest BCUT2D eigenvalue weighted by Gasteiger charge is -2.25. The summed E-state index contributed by atoms with van der Waals surface area (Å²) >= 11 is 1.35. The first-order chi connectivity index (χ1) is 7.27. The number of aryl methyl sites for hydroxylation is 1. The monoisotopic (exact) mass is 222 g/mol. The Balaban J connectivity index is 2.14. The number of anilines is 1. The highest BCUT2D eigenvalue weighted by molar-refractivity contribution is 7.98. The molecular formula is C11H11FN2S. The summed E-state index contributed by atoms with van der Waals surface area (Å²) in [6.45, 7) is 1.80. The highest BCUT2D eigenvalue weighted by Crippen LogP contribution is 2.42. The van der Waals surface area contributed by atoms with Gasteiger partial charge in [0.2, 0.25) is 0 Å². The van der Waals surface area contributed by atoms with E-state index in [-0.39, 0.29) is 5.82 Å². The van der Waals surface area contributed by atoms with Gasteiger partial charge in [-0.2, -0.15) is 0 Å².